The molecule has 0 unspecified atom stereocenters. The monoisotopic (exact) mass is 601 g/mol. The van der Waals surface area contributed by atoms with Gasteiger partial charge in [-0.3, -0.25) is 14.3 Å². The van der Waals surface area contributed by atoms with Crippen molar-refractivity contribution in [2.75, 3.05) is 10.6 Å². The molecular weight excluding hydrogens is 577 g/mol. The fraction of sp³-hybridized carbons (Fsp3) is 0.214. The molecule has 0 aliphatic heterocycles. The molecule has 40 heavy (non-hydrogen) atoms. The van der Waals surface area contributed by atoms with Crippen LogP contribution in [0, 0.1) is 0 Å². The standard InChI is InChI=1S/C28H26Cl3N5O4/c1-15(36(27(39)40)28(2,3)4)24-33-21-13-7-10-18(29)22(21)25(37)35(24)17-9-5-8-16(14-17)32-26(38)34-23-19(30)11-6-12-20(23)31/h5-15H,1-4H3,(H,39,40)(H2,32,34,38)/t15-/m0/s1. The average Bonchev–Trinajstić information content (AvgIpc) is 2.85. The molecule has 3 aromatic carbocycles. The molecule has 4 rings (SSSR count). The summed E-state index contributed by atoms with van der Waals surface area (Å²) in [5, 5.41) is 16.3. The van der Waals surface area contributed by atoms with E-state index in [-0.39, 0.29) is 32.0 Å². The second kappa shape index (κ2) is 11.4. The van der Waals surface area contributed by atoms with Crippen molar-refractivity contribution in [1.82, 2.24) is 14.5 Å². The lowest BCUT2D eigenvalue weighted by molar-refractivity contribution is 0.0719. The number of fused-ring (bicyclic) bond motifs is 1. The summed E-state index contributed by atoms with van der Waals surface area (Å²) in [6.07, 6.45) is -1.17. The van der Waals surface area contributed by atoms with Gasteiger partial charge in [-0.25, -0.2) is 14.6 Å². The lowest BCUT2D eigenvalue weighted by Gasteiger charge is -2.38. The van der Waals surface area contributed by atoms with Gasteiger partial charge in [0.05, 0.1) is 43.4 Å². The highest BCUT2D eigenvalue weighted by molar-refractivity contribution is 6.39. The lowest BCUT2D eigenvalue weighted by Crippen LogP contribution is -2.47. The van der Waals surface area contributed by atoms with Crippen molar-refractivity contribution in [3.8, 4) is 5.69 Å². The van der Waals surface area contributed by atoms with E-state index in [1.54, 1.807) is 88.4 Å². The highest BCUT2D eigenvalue weighted by Crippen LogP contribution is 2.32. The number of halogens is 3. The summed E-state index contributed by atoms with van der Waals surface area (Å²) in [7, 11) is 0. The summed E-state index contributed by atoms with van der Waals surface area (Å²) in [4.78, 5) is 44.9. The Morgan fingerprint density at radius 3 is 2.17 bits per heavy atom. The van der Waals surface area contributed by atoms with Gasteiger partial charge in [0.1, 0.15) is 5.82 Å². The largest absolute Gasteiger partial charge is 0.465 e. The maximum atomic E-state index is 13.9. The van der Waals surface area contributed by atoms with Crippen molar-refractivity contribution in [2.45, 2.75) is 39.3 Å². The van der Waals surface area contributed by atoms with E-state index in [1.807, 2.05) is 0 Å². The van der Waals surface area contributed by atoms with Gasteiger partial charge in [0.15, 0.2) is 0 Å². The number of rotatable bonds is 5. The first-order valence-corrected chi connectivity index (χ1v) is 13.3. The van der Waals surface area contributed by atoms with Crippen molar-refractivity contribution in [3.63, 3.8) is 0 Å². The number of amides is 3. The Kier molecular flexibility index (Phi) is 8.30. The topological polar surface area (TPSA) is 117 Å². The number of aromatic nitrogens is 2. The first kappa shape index (κ1) is 29.2. The quantitative estimate of drug-likeness (QED) is 0.215. The van der Waals surface area contributed by atoms with Gasteiger partial charge in [-0.2, -0.15) is 0 Å². The summed E-state index contributed by atoms with van der Waals surface area (Å²) in [6, 6.07) is 14.8. The highest BCUT2D eigenvalue weighted by Gasteiger charge is 2.34. The third-order valence-electron chi connectivity index (χ3n) is 6.13. The predicted molar refractivity (Wildman–Crippen MR) is 159 cm³/mol. The minimum absolute atomic E-state index is 0.182. The minimum Gasteiger partial charge on any atom is -0.465 e. The zero-order valence-electron chi connectivity index (χ0n) is 22.0. The Bertz CT molecular complexity index is 1660. The van der Waals surface area contributed by atoms with E-state index in [1.165, 1.54) is 9.47 Å². The fourth-order valence-electron chi connectivity index (χ4n) is 4.50. The molecule has 208 valence electrons. The van der Waals surface area contributed by atoms with Gasteiger partial charge >= 0.3 is 12.1 Å². The Hall–Kier alpha value is -3.79. The van der Waals surface area contributed by atoms with Crippen LogP contribution in [0.1, 0.15) is 39.6 Å². The van der Waals surface area contributed by atoms with Gasteiger partial charge in [-0.1, -0.05) is 53.0 Å². The number of hydrogen-bond acceptors (Lipinski definition) is 4. The molecule has 12 heteroatoms. The first-order chi connectivity index (χ1) is 18.8. The van der Waals surface area contributed by atoms with Gasteiger partial charge in [0.2, 0.25) is 0 Å². The van der Waals surface area contributed by atoms with Crippen molar-refractivity contribution < 1.29 is 14.7 Å². The molecule has 0 spiro atoms. The molecule has 4 aromatic rings. The van der Waals surface area contributed by atoms with Crippen molar-refractivity contribution in [1.29, 1.82) is 0 Å². The Labute approximate surface area is 245 Å². The molecule has 3 amide bonds. The number of carbonyl (C=O) groups excluding carboxylic acids is 1. The van der Waals surface area contributed by atoms with Crippen LogP contribution in [0.3, 0.4) is 0 Å². The van der Waals surface area contributed by atoms with Gasteiger partial charge < -0.3 is 15.7 Å². The number of nitrogens with one attached hydrogen (secondary N) is 2. The smallest absolute Gasteiger partial charge is 0.408 e. The number of para-hydroxylation sites is 1. The second-order valence-corrected chi connectivity index (χ2v) is 11.2. The zero-order valence-corrected chi connectivity index (χ0v) is 24.3. The molecular formula is C28H26Cl3N5O4. The Morgan fingerprint density at radius 2 is 1.55 bits per heavy atom. The maximum absolute atomic E-state index is 13.9. The maximum Gasteiger partial charge on any atom is 0.408 e. The Balaban J connectivity index is 1.83. The summed E-state index contributed by atoms with van der Waals surface area (Å²) in [6.45, 7) is 6.93. The number of anilines is 2. The predicted octanol–water partition coefficient (Wildman–Crippen LogP) is 7.83. The number of nitrogens with zero attached hydrogens (tertiary/aromatic N) is 3. The summed E-state index contributed by atoms with van der Waals surface area (Å²) >= 11 is 18.7. The van der Waals surface area contributed by atoms with E-state index in [2.05, 4.69) is 10.6 Å². The molecule has 0 bridgehead atoms. The SMILES string of the molecule is C[C@@H](c1nc2cccc(Cl)c2c(=O)n1-c1cccc(NC(=O)Nc2c(Cl)cccc2Cl)c1)N(C(=O)O)C(C)(C)C. The van der Waals surface area contributed by atoms with Crippen LogP contribution in [0.4, 0.5) is 21.0 Å². The third kappa shape index (κ3) is 5.86. The normalized spacial score (nSPS) is 12.2. The summed E-state index contributed by atoms with van der Waals surface area (Å²) < 4.78 is 1.31. The zero-order chi connectivity index (χ0) is 29.4. The molecule has 0 aliphatic rings. The van der Waals surface area contributed by atoms with E-state index in [0.717, 1.165) is 0 Å². The Morgan fingerprint density at radius 1 is 0.950 bits per heavy atom. The van der Waals surface area contributed by atoms with E-state index in [0.29, 0.717) is 16.9 Å². The number of hydrogen-bond donors (Lipinski definition) is 3. The highest BCUT2D eigenvalue weighted by atomic mass is 35.5. The number of carboxylic acid groups (broad SMARTS) is 1. The lowest BCUT2D eigenvalue weighted by atomic mass is 10.0. The van der Waals surface area contributed by atoms with E-state index < -0.39 is 29.3 Å². The fourth-order valence-corrected chi connectivity index (χ4v) is 5.24. The van der Waals surface area contributed by atoms with Crippen LogP contribution >= 0.6 is 34.8 Å². The van der Waals surface area contributed by atoms with Gasteiger partial charge in [0, 0.05) is 11.2 Å². The van der Waals surface area contributed by atoms with Crippen LogP contribution in [0.2, 0.25) is 15.1 Å². The van der Waals surface area contributed by atoms with Crippen LogP contribution in [-0.2, 0) is 0 Å². The van der Waals surface area contributed by atoms with Crippen LogP contribution in [0.5, 0.6) is 0 Å². The molecule has 9 nitrogen and oxygen atoms in total. The molecule has 1 heterocycles. The average molecular weight is 603 g/mol. The number of benzene rings is 3. The molecule has 1 atom stereocenters. The number of carbonyl (C=O) groups is 2. The van der Waals surface area contributed by atoms with Crippen LogP contribution < -0.4 is 16.2 Å². The molecule has 1 aromatic heterocycles. The van der Waals surface area contributed by atoms with E-state index >= 15 is 0 Å². The van der Waals surface area contributed by atoms with Crippen LogP contribution in [0.25, 0.3) is 16.6 Å². The van der Waals surface area contributed by atoms with Crippen LogP contribution in [0.15, 0.2) is 65.5 Å². The third-order valence-corrected chi connectivity index (χ3v) is 7.07. The van der Waals surface area contributed by atoms with Crippen molar-refractivity contribution >= 4 is 69.2 Å². The number of urea groups is 1. The van der Waals surface area contributed by atoms with E-state index in [4.69, 9.17) is 39.8 Å². The first-order valence-electron chi connectivity index (χ1n) is 12.2. The van der Waals surface area contributed by atoms with Gasteiger partial charge in [-0.15, -0.1) is 0 Å². The second-order valence-electron chi connectivity index (χ2n) is 9.97. The molecule has 0 aliphatic carbocycles. The van der Waals surface area contributed by atoms with Gasteiger partial charge in [0.25, 0.3) is 5.56 Å². The minimum atomic E-state index is -1.17. The van der Waals surface area contributed by atoms with E-state index in [9.17, 15) is 19.5 Å². The summed E-state index contributed by atoms with van der Waals surface area (Å²) in [5.41, 5.74) is -0.0290. The summed E-state index contributed by atoms with van der Waals surface area (Å²) in [5.74, 6) is 0.182. The molecule has 3 N–H and O–H groups in total. The van der Waals surface area contributed by atoms with Crippen LogP contribution in [-0.4, -0.2) is 37.2 Å². The van der Waals surface area contributed by atoms with Crippen molar-refractivity contribution in [3.05, 3.63) is 91.9 Å². The van der Waals surface area contributed by atoms with Gasteiger partial charge in [-0.05, 0) is 70.2 Å². The molecule has 0 fully saturated rings. The van der Waals surface area contributed by atoms with Crippen molar-refractivity contribution in [2.24, 2.45) is 0 Å². The molecule has 0 radical (unpaired) electrons. The molecule has 0 saturated carbocycles. The molecule has 0 saturated heterocycles.